The largest absolute Gasteiger partial charge is 0.320 e. The maximum absolute atomic E-state index is 12.5. The van der Waals surface area contributed by atoms with E-state index in [-0.39, 0.29) is 5.91 Å². The number of nitrogens with zero attached hydrogens (tertiary/aromatic N) is 3. The fourth-order valence-electron chi connectivity index (χ4n) is 2.49. The second kappa shape index (κ2) is 6.44. The van der Waals surface area contributed by atoms with E-state index in [1.807, 2.05) is 61.5 Å². The van der Waals surface area contributed by atoms with E-state index < -0.39 is 0 Å². The number of aromatic nitrogens is 3. The summed E-state index contributed by atoms with van der Waals surface area (Å²) in [7, 11) is 0. The Bertz CT molecular complexity index is 824. The first-order valence-corrected chi connectivity index (χ1v) is 7.57. The van der Waals surface area contributed by atoms with Crippen molar-refractivity contribution in [2.24, 2.45) is 0 Å². The van der Waals surface area contributed by atoms with Crippen molar-refractivity contribution in [2.45, 2.75) is 20.3 Å². The third-order valence-electron chi connectivity index (χ3n) is 3.76. The number of hydrogen-bond donors (Lipinski definition) is 1. The van der Waals surface area contributed by atoms with E-state index in [9.17, 15) is 4.79 Å². The van der Waals surface area contributed by atoms with Gasteiger partial charge in [0, 0.05) is 5.69 Å². The average molecular weight is 306 g/mol. The van der Waals surface area contributed by atoms with Crippen molar-refractivity contribution >= 4 is 11.6 Å². The molecule has 0 radical (unpaired) electrons. The summed E-state index contributed by atoms with van der Waals surface area (Å²) in [4.78, 5) is 12.5. The summed E-state index contributed by atoms with van der Waals surface area (Å²) in [5.41, 5.74) is 3.83. The molecule has 0 aliphatic rings. The lowest BCUT2D eigenvalue weighted by Crippen LogP contribution is -2.15. The molecule has 0 aliphatic heterocycles. The molecule has 0 fully saturated rings. The first kappa shape index (κ1) is 15.0. The van der Waals surface area contributed by atoms with Crippen molar-refractivity contribution in [2.75, 3.05) is 5.32 Å². The van der Waals surface area contributed by atoms with Gasteiger partial charge in [-0.1, -0.05) is 48.5 Å². The number of para-hydroxylation sites is 2. The van der Waals surface area contributed by atoms with Crippen LogP contribution in [-0.2, 0) is 6.42 Å². The van der Waals surface area contributed by atoms with Crippen LogP contribution in [0.1, 0.15) is 28.7 Å². The maximum Gasteiger partial charge on any atom is 0.278 e. The summed E-state index contributed by atoms with van der Waals surface area (Å²) in [6, 6.07) is 17.4. The Kier molecular flexibility index (Phi) is 4.19. The van der Waals surface area contributed by atoms with Crippen LogP contribution in [-0.4, -0.2) is 20.9 Å². The lowest BCUT2D eigenvalue weighted by molar-refractivity contribution is 0.102. The number of nitrogens with one attached hydrogen (secondary N) is 1. The SMILES string of the molecule is CCc1ccccc1NC(=O)c1nnn(-c2ccccc2)c1C. The van der Waals surface area contributed by atoms with E-state index in [1.54, 1.807) is 4.68 Å². The topological polar surface area (TPSA) is 59.8 Å². The van der Waals surface area contributed by atoms with Crippen molar-refractivity contribution in [3.63, 3.8) is 0 Å². The summed E-state index contributed by atoms with van der Waals surface area (Å²) in [5, 5.41) is 11.1. The lowest BCUT2D eigenvalue weighted by Gasteiger charge is -2.09. The van der Waals surface area contributed by atoms with Gasteiger partial charge in [-0.3, -0.25) is 4.79 Å². The molecule has 0 unspecified atom stereocenters. The standard InChI is InChI=1S/C18H18N4O/c1-3-14-9-7-8-12-16(14)19-18(23)17-13(2)22(21-20-17)15-10-5-4-6-11-15/h4-12H,3H2,1-2H3,(H,19,23). The molecule has 0 bridgehead atoms. The van der Waals surface area contributed by atoms with E-state index in [0.29, 0.717) is 11.4 Å². The molecule has 0 saturated carbocycles. The molecule has 23 heavy (non-hydrogen) atoms. The van der Waals surface area contributed by atoms with Crippen LogP contribution in [0.3, 0.4) is 0 Å². The van der Waals surface area contributed by atoms with Gasteiger partial charge in [0.25, 0.3) is 5.91 Å². The number of hydrogen-bond acceptors (Lipinski definition) is 3. The van der Waals surface area contributed by atoms with Crippen LogP contribution in [0, 0.1) is 6.92 Å². The first-order chi connectivity index (χ1) is 11.2. The Balaban J connectivity index is 1.88. The van der Waals surface area contributed by atoms with Gasteiger partial charge in [-0.25, -0.2) is 4.68 Å². The van der Waals surface area contributed by atoms with Crippen molar-refractivity contribution in [3.05, 3.63) is 71.5 Å². The second-order valence-corrected chi connectivity index (χ2v) is 5.24. The molecule has 1 amide bonds. The molecule has 0 atom stereocenters. The Labute approximate surface area is 135 Å². The molecule has 2 aromatic carbocycles. The number of amides is 1. The number of anilines is 1. The van der Waals surface area contributed by atoms with E-state index in [4.69, 9.17) is 0 Å². The molecule has 5 nitrogen and oxygen atoms in total. The van der Waals surface area contributed by atoms with Crippen LogP contribution in [0.4, 0.5) is 5.69 Å². The van der Waals surface area contributed by atoms with Crippen LogP contribution in [0.25, 0.3) is 5.69 Å². The maximum atomic E-state index is 12.5. The van der Waals surface area contributed by atoms with E-state index in [0.717, 1.165) is 23.4 Å². The average Bonchev–Trinajstić information content (AvgIpc) is 2.98. The van der Waals surface area contributed by atoms with Crippen molar-refractivity contribution in [3.8, 4) is 5.69 Å². The number of rotatable bonds is 4. The van der Waals surface area contributed by atoms with Gasteiger partial charge in [-0.15, -0.1) is 5.10 Å². The second-order valence-electron chi connectivity index (χ2n) is 5.24. The monoisotopic (exact) mass is 306 g/mol. The Morgan fingerprint density at radius 2 is 1.78 bits per heavy atom. The van der Waals surface area contributed by atoms with E-state index in [1.165, 1.54) is 0 Å². The van der Waals surface area contributed by atoms with E-state index in [2.05, 4.69) is 22.6 Å². The fraction of sp³-hybridized carbons (Fsp3) is 0.167. The van der Waals surface area contributed by atoms with Crippen molar-refractivity contribution in [1.29, 1.82) is 0 Å². The number of carbonyl (C=O) groups excluding carboxylic acids is 1. The zero-order valence-corrected chi connectivity index (χ0v) is 13.2. The highest BCUT2D eigenvalue weighted by atomic mass is 16.2. The summed E-state index contributed by atoms with van der Waals surface area (Å²) >= 11 is 0. The zero-order valence-electron chi connectivity index (χ0n) is 13.2. The Hall–Kier alpha value is -2.95. The van der Waals surface area contributed by atoms with Crippen LogP contribution in [0.2, 0.25) is 0 Å². The quantitative estimate of drug-likeness (QED) is 0.803. The number of carbonyl (C=O) groups is 1. The minimum absolute atomic E-state index is 0.245. The van der Waals surface area contributed by atoms with Gasteiger partial charge in [0.1, 0.15) is 0 Å². The third-order valence-corrected chi connectivity index (χ3v) is 3.76. The summed E-state index contributed by atoms with van der Waals surface area (Å²) in [5.74, 6) is -0.245. The summed E-state index contributed by atoms with van der Waals surface area (Å²) in [6.07, 6.45) is 0.853. The molecule has 1 N–H and O–H groups in total. The molecule has 5 heteroatoms. The van der Waals surface area contributed by atoms with Gasteiger partial charge in [0.2, 0.25) is 0 Å². The molecule has 0 aliphatic carbocycles. The van der Waals surface area contributed by atoms with Crippen LogP contribution < -0.4 is 5.32 Å². The minimum atomic E-state index is -0.245. The minimum Gasteiger partial charge on any atom is -0.320 e. The lowest BCUT2D eigenvalue weighted by atomic mass is 10.1. The van der Waals surface area contributed by atoms with Gasteiger partial charge in [-0.2, -0.15) is 0 Å². The van der Waals surface area contributed by atoms with Gasteiger partial charge < -0.3 is 5.32 Å². The van der Waals surface area contributed by atoms with Gasteiger partial charge in [0.15, 0.2) is 5.69 Å². The molecule has 3 rings (SSSR count). The summed E-state index contributed by atoms with van der Waals surface area (Å²) < 4.78 is 1.67. The van der Waals surface area contributed by atoms with Gasteiger partial charge >= 0.3 is 0 Å². The van der Waals surface area contributed by atoms with E-state index >= 15 is 0 Å². The van der Waals surface area contributed by atoms with Crippen molar-refractivity contribution in [1.82, 2.24) is 15.0 Å². The van der Waals surface area contributed by atoms with Crippen LogP contribution in [0.5, 0.6) is 0 Å². The molecular formula is C18H18N4O. The number of aryl methyl sites for hydroxylation is 1. The highest BCUT2D eigenvalue weighted by Crippen LogP contribution is 2.18. The van der Waals surface area contributed by atoms with Crippen molar-refractivity contribution < 1.29 is 4.79 Å². The predicted molar refractivity (Wildman–Crippen MR) is 89.9 cm³/mol. The third kappa shape index (κ3) is 2.99. The Morgan fingerprint density at radius 1 is 1.09 bits per heavy atom. The van der Waals surface area contributed by atoms with Gasteiger partial charge in [0.05, 0.1) is 11.4 Å². The Morgan fingerprint density at radius 3 is 2.52 bits per heavy atom. The first-order valence-electron chi connectivity index (χ1n) is 7.57. The molecule has 0 spiro atoms. The molecule has 3 aromatic rings. The van der Waals surface area contributed by atoms with Gasteiger partial charge in [-0.05, 0) is 37.1 Å². The molecule has 0 saturated heterocycles. The smallest absolute Gasteiger partial charge is 0.278 e. The normalized spacial score (nSPS) is 10.5. The van der Waals surface area contributed by atoms with Crippen LogP contribution in [0.15, 0.2) is 54.6 Å². The molecular weight excluding hydrogens is 288 g/mol. The highest BCUT2D eigenvalue weighted by Gasteiger charge is 2.18. The van der Waals surface area contributed by atoms with Crippen LogP contribution >= 0.6 is 0 Å². The number of benzene rings is 2. The molecule has 116 valence electrons. The summed E-state index contributed by atoms with van der Waals surface area (Å²) in [6.45, 7) is 3.90. The highest BCUT2D eigenvalue weighted by molar-refractivity contribution is 6.04. The predicted octanol–water partition coefficient (Wildman–Crippen LogP) is 3.39. The zero-order chi connectivity index (χ0) is 16.2. The molecule has 1 heterocycles. The fourth-order valence-corrected chi connectivity index (χ4v) is 2.49. The molecule has 1 aromatic heterocycles.